The Morgan fingerprint density at radius 1 is 1.64 bits per heavy atom. The minimum Gasteiger partial charge on any atom is -0.465 e. The van der Waals surface area contributed by atoms with Crippen molar-refractivity contribution in [2.45, 2.75) is 25.8 Å². The van der Waals surface area contributed by atoms with Crippen molar-refractivity contribution < 1.29 is 19.5 Å². The summed E-state index contributed by atoms with van der Waals surface area (Å²) in [6, 6.07) is -0.773. The highest BCUT2D eigenvalue weighted by Crippen LogP contribution is 2.23. The zero-order valence-electron chi connectivity index (χ0n) is 7.73. The second kappa shape index (κ2) is 4.45. The maximum atomic E-state index is 11.4. The Morgan fingerprint density at radius 3 is 2.79 bits per heavy atom. The first-order valence-electron chi connectivity index (χ1n) is 4.29. The van der Waals surface area contributed by atoms with Crippen LogP contribution >= 0.6 is 11.8 Å². The molecule has 0 saturated carbocycles. The van der Waals surface area contributed by atoms with Crippen LogP contribution in [0.5, 0.6) is 0 Å². The third-order valence-corrected chi connectivity index (χ3v) is 2.82. The zero-order valence-corrected chi connectivity index (χ0v) is 8.54. The first-order chi connectivity index (χ1) is 6.57. The lowest BCUT2D eigenvalue weighted by molar-refractivity contribution is -0.129. The molecule has 1 rings (SSSR count). The van der Waals surface area contributed by atoms with Crippen molar-refractivity contribution >= 4 is 28.9 Å². The van der Waals surface area contributed by atoms with Crippen molar-refractivity contribution in [1.82, 2.24) is 4.90 Å². The topological polar surface area (TPSA) is 74.7 Å². The molecule has 1 atom stereocenters. The average Bonchev–Trinajstić information content (AvgIpc) is 2.47. The fraction of sp³-hybridized carbons (Fsp3) is 0.625. The molecule has 0 radical (unpaired) electrons. The van der Waals surface area contributed by atoms with Crippen LogP contribution in [0.1, 0.15) is 19.8 Å². The van der Waals surface area contributed by atoms with Gasteiger partial charge in [0.1, 0.15) is 6.04 Å². The van der Waals surface area contributed by atoms with Gasteiger partial charge in [-0.2, -0.15) is 0 Å². The van der Waals surface area contributed by atoms with Crippen molar-refractivity contribution in [2.24, 2.45) is 0 Å². The number of amides is 2. The number of imide groups is 1. The highest BCUT2D eigenvalue weighted by Gasteiger charge is 2.39. The van der Waals surface area contributed by atoms with E-state index in [2.05, 4.69) is 0 Å². The quantitative estimate of drug-likeness (QED) is 0.744. The number of carbonyl (C=O) groups is 3. The Kier molecular flexibility index (Phi) is 3.51. The lowest BCUT2D eigenvalue weighted by Gasteiger charge is -2.17. The van der Waals surface area contributed by atoms with Gasteiger partial charge in [0.2, 0.25) is 11.0 Å². The van der Waals surface area contributed by atoms with Crippen LogP contribution < -0.4 is 0 Å². The van der Waals surface area contributed by atoms with E-state index in [0.29, 0.717) is 17.1 Å². The lowest BCUT2D eigenvalue weighted by Crippen LogP contribution is -2.41. The predicted octanol–water partition coefficient (Wildman–Crippen LogP) is 0.935. The SMILES string of the molecule is CCSC(=O)[C@@H]1CCC(=O)N1C(=O)O. The minimum absolute atomic E-state index is 0.146. The standard InChI is InChI=1S/C8H11NO4S/c1-2-14-7(11)5-3-4-6(10)9(5)8(12)13/h5H,2-4H2,1H3,(H,12,13)/t5-/m0/s1. The van der Waals surface area contributed by atoms with Crippen LogP contribution in [0.25, 0.3) is 0 Å². The molecule has 0 bridgehead atoms. The molecular weight excluding hydrogens is 206 g/mol. The molecule has 1 aliphatic rings. The van der Waals surface area contributed by atoms with E-state index >= 15 is 0 Å². The van der Waals surface area contributed by atoms with E-state index in [1.165, 1.54) is 0 Å². The molecule has 1 saturated heterocycles. The van der Waals surface area contributed by atoms with Crippen LogP contribution in [0.3, 0.4) is 0 Å². The second-order valence-corrected chi connectivity index (χ2v) is 4.12. The third-order valence-electron chi connectivity index (χ3n) is 1.98. The number of carbonyl (C=O) groups excluding carboxylic acids is 2. The molecule has 2 amide bonds. The molecule has 1 N–H and O–H groups in total. The third kappa shape index (κ3) is 2.06. The molecular formula is C8H11NO4S. The van der Waals surface area contributed by atoms with Crippen LogP contribution in [-0.2, 0) is 9.59 Å². The number of thioether (sulfide) groups is 1. The summed E-state index contributed by atoms with van der Waals surface area (Å²) >= 11 is 1.06. The van der Waals surface area contributed by atoms with E-state index < -0.39 is 18.0 Å². The summed E-state index contributed by atoms with van der Waals surface area (Å²) in [6.45, 7) is 1.81. The van der Waals surface area contributed by atoms with Crippen molar-refractivity contribution in [3.05, 3.63) is 0 Å². The van der Waals surface area contributed by atoms with Crippen molar-refractivity contribution in [1.29, 1.82) is 0 Å². The fourth-order valence-corrected chi connectivity index (χ4v) is 2.09. The molecule has 5 nitrogen and oxygen atoms in total. The van der Waals surface area contributed by atoms with Gasteiger partial charge in [0.15, 0.2) is 0 Å². The normalized spacial score (nSPS) is 21.4. The summed E-state index contributed by atoms with van der Waals surface area (Å²) < 4.78 is 0. The maximum Gasteiger partial charge on any atom is 0.414 e. The monoisotopic (exact) mass is 217 g/mol. The molecule has 0 aromatic heterocycles. The number of nitrogens with zero attached hydrogens (tertiary/aromatic N) is 1. The van der Waals surface area contributed by atoms with Crippen molar-refractivity contribution in [3.63, 3.8) is 0 Å². The summed E-state index contributed by atoms with van der Waals surface area (Å²) in [5.74, 6) is 0.115. The van der Waals surface area contributed by atoms with Gasteiger partial charge >= 0.3 is 6.09 Å². The highest BCUT2D eigenvalue weighted by molar-refractivity contribution is 8.13. The molecule has 1 aliphatic heterocycles. The van der Waals surface area contributed by atoms with Gasteiger partial charge in [-0.25, -0.2) is 9.69 Å². The second-order valence-electron chi connectivity index (χ2n) is 2.85. The molecule has 14 heavy (non-hydrogen) atoms. The fourth-order valence-electron chi connectivity index (χ4n) is 1.39. The Hall–Kier alpha value is -1.04. The van der Waals surface area contributed by atoms with Crippen LogP contribution in [0.15, 0.2) is 0 Å². The molecule has 78 valence electrons. The lowest BCUT2D eigenvalue weighted by atomic mass is 10.2. The molecule has 0 aromatic carbocycles. The van der Waals surface area contributed by atoms with Gasteiger partial charge in [-0.15, -0.1) is 0 Å². The predicted molar refractivity (Wildman–Crippen MR) is 51.0 cm³/mol. The molecule has 1 heterocycles. The number of hydrogen-bond donors (Lipinski definition) is 1. The summed E-state index contributed by atoms with van der Waals surface area (Å²) in [6.07, 6.45) is -0.869. The van der Waals surface area contributed by atoms with Gasteiger partial charge in [0, 0.05) is 6.42 Å². The van der Waals surface area contributed by atoms with Gasteiger partial charge in [-0.1, -0.05) is 18.7 Å². The summed E-state index contributed by atoms with van der Waals surface area (Å²) in [7, 11) is 0. The molecule has 0 aliphatic carbocycles. The molecule has 0 unspecified atom stereocenters. The van der Waals surface area contributed by atoms with E-state index in [0.717, 1.165) is 11.8 Å². The molecule has 0 spiro atoms. The maximum absolute atomic E-state index is 11.4. The Balaban J connectivity index is 2.74. The highest BCUT2D eigenvalue weighted by atomic mass is 32.2. The van der Waals surface area contributed by atoms with Gasteiger partial charge in [-0.05, 0) is 12.2 Å². The Labute approximate surface area is 85.4 Å². The number of hydrogen-bond acceptors (Lipinski definition) is 4. The number of likely N-dealkylation sites (tertiary alicyclic amines) is 1. The van der Waals surface area contributed by atoms with E-state index in [-0.39, 0.29) is 11.5 Å². The van der Waals surface area contributed by atoms with E-state index in [1.54, 1.807) is 0 Å². The van der Waals surface area contributed by atoms with Gasteiger partial charge in [0.05, 0.1) is 0 Å². The van der Waals surface area contributed by atoms with Crippen LogP contribution in [-0.4, -0.2) is 38.9 Å². The Morgan fingerprint density at radius 2 is 2.29 bits per heavy atom. The van der Waals surface area contributed by atoms with E-state index in [9.17, 15) is 14.4 Å². The van der Waals surface area contributed by atoms with E-state index in [4.69, 9.17) is 5.11 Å². The largest absolute Gasteiger partial charge is 0.465 e. The number of carboxylic acid groups (broad SMARTS) is 1. The van der Waals surface area contributed by atoms with Crippen molar-refractivity contribution in [2.75, 3.05) is 5.75 Å². The van der Waals surface area contributed by atoms with Gasteiger partial charge < -0.3 is 5.11 Å². The van der Waals surface area contributed by atoms with Gasteiger partial charge in [0.25, 0.3) is 0 Å². The minimum atomic E-state index is -1.33. The average molecular weight is 217 g/mol. The summed E-state index contributed by atoms with van der Waals surface area (Å²) in [5, 5.41) is 8.48. The molecule has 6 heteroatoms. The van der Waals surface area contributed by atoms with Crippen LogP contribution in [0.4, 0.5) is 4.79 Å². The molecule has 0 aromatic rings. The zero-order chi connectivity index (χ0) is 10.7. The summed E-state index contributed by atoms with van der Waals surface area (Å²) in [5.41, 5.74) is 0. The first kappa shape index (κ1) is 11.0. The Bertz CT molecular complexity index is 279. The van der Waals surface area contributed by atoms with Crippen LogP contribution in [0.2, 0.25) is 0 Å². The van der Waals surface area contributed by atoms with Crippen LogP contribution in [0, 0.1) is 0 Å². The molecule has 1 fully saturated rings. The van der Waals surface area contributed by atoms with Crippen molar-refractivity contribution in [3.8, 4) is 0 Å². The van der Waals surface area contributed by atoms with Gasteiger partial charge in [-0.3, -0.25) is 9.59 Å². The summed E-state index contributed by atoms with van der Waals surface area (Å²) in [4.78, 5) is 33.8. The first-order valence-corrected chi connectivity index (χ1v) is 5.28. The smallest absolute Gasteiger partial charge is 0.414 e. The van der Waals surface area contributed by atoms with E-state index in [1.807, 2.05) is 6.92 Å². The number of rotatable bonds is 2.